The van der Waals surface area contributed by atoms with Crippen LogP contribution in [-0.2, 0) is 6.42 Å². The summed E-state index contributed by atoms with van der Waals surface area (Å²) in [5, 5.41) is 3.50. The molecule has 0 aromatic heterocycles. The van der Waals surface area contributed by atoms with Gasteiger partial charge in [0, 0.05) is 0 Å². The van der Waals surface area contributed by atoms with Gasteiger partial charge < -0.3 is 14.8 Å². The first kappa shape index (κ1) is 13.2. The summed E-state index contributed by atoms with van der Waals surface area (Å²) in [7, 11) is 1.69. The van der Waals surface area contributed by atoms with Gasteiger partial charge in [-0.3, -0.25) is 0 Å². The maximum absolute atomic E-state index is 5.51. The Hall–Kier alpha value is -1.22. The Kier molecular flexibility index (Phi) is 4.88. The SMILES string of the molecule is CCOc1ccc(CCNCC2CC2)cc1OC. The van der Waals surface area contributed by atoms with Crippen molar-refractivity contribution in [3.05, 3.63) is 23.8 Å². The summed E-state index contributed by atoms with van der Waals surface area (Å²) < 4.78 is 10.9. The van der Waals surface area contributed by atoms with Gasteiger partial charge in [0.05, 0.1) is 13.7 Å². The zero-order chi connectivity index (χ0) is 12.8. The first-order valence-electron chi connectivity index (χ1n) is 6.84. The van der Waals surface area contributed by atoms with Crippen LogP contribution in [-0.4, -0.2) is 26.8 Å². The minimum Gasteiger partial charge on any atom is -0.493 e. The predicted molar refractivity (Wildman–Crippen MR) is 73.5 cm³/mol. The van der Waals surface area contributed by atoms with E-state index in [2.05, 4.69) is 17.4 Å². The molecule has 1 aliphatic carbocycles. The van der Waals surface area contributed by atoms with Gasteiger partial charge >= 0.3 is 0 Å². The highest BCUT2D eigenvalue weighted by molar-refractivity contribution is 5.43. The number of methoxy groups -OCH3 is 1. The first-order valence-corrected chi connectivity index (χ1v) is 6.84. The van der Waals surface area contributed by atoms with E-state index >= 15 is 0 Å². The topological polar surface area (TPSA) is 30.5 Å². The Bertz CT molecular complexity index is 375. The molecular weight excluding hydrogens is 226 g/mol. The number of rotatable bonds is 8. The number of benzene rings is 1. The van der Waals surface area contributed by atoms with Gasteiger partial charge in [0.15, 0.2) is 11.5 Å². The highest BCUT2D eigenvalue weighted by Gasteiger charge is 2.19. The molecule has 100 valence electrons. The second kappa shape index (κ2) is 6.64. The zero-order valence-electron chi connectivity index (χ0n) is 11.4. The number of hydrogen-bond acceptors (Lipinski definition) is 3. The van der Waals surface area contributed by atoms with Gasteiger partial charge in [-0.15, -0.1) is 0 Å². The maximum atomic E-state index is 5.51. The van der Waals surface area contributed by atoms with Crippen molar-refractivity contribution in [2.24, 2.45) is 5.92 Å². The van der Waals surface area contributed by atoms with Gasteiger partial charge in [-0.1, -0.05) is 6.07 Å². The Morgan fingerprint density at radius 3 is 2.78 bits per heavy atom. The van der Waals surface area contributed by atoms with Gasteiger partial charge in [-0.2, -0.15) is 0 Å². The summed E-state index contributed by atoms with van der Waals surface area (Å²) >= 11 is 0. The highest BCUT2D eigenvalue weighted by atomic mass is 16.5. The van der Waals surface area contributed by atoms with E-state index in [1.165, 1.54) is 24.9 Å². The van der Waals surface area contributed by atoms with Crippen molar-refractivity contribution in [3.63, 3.8) is 0 Å². The fourth-order valence-electron chi connectivity index (χ4n) is 2.00. The Balaban J connectivity index is 1.83. The Morgan fingerprint density at radius 1 is 1.28 bits per heavy atom. The summed E-state index contributed by atoms with van der Waals surface area (Å²) in [6.07, 6.45) is 3.85. The minimum absolute atomic E-state index is 0.665. The monoisotopic (exact) mass is 249 g/mol. The molecule has 0 atom stereocenters. The van der Waals surface area contributed by atoms with Crippen molar-refractivity contribution >= 4 is 0 Å². The molecule has 0 aliphatic heterocycles. The van der Waals surface area contributed by atoms with Gasteiger partial charge in [0.25, 0.3) is 0 Å². The van der Waals surface area contributed by atoms with Gasteiger partial charge in [0.1, 0.15) is 0 Å². The van der Waals surface area contributed by atoms with Crippen LogP contribution in [0.3, 0.4) is 0 Å². The molecule has 0 saturated heterocycles. The molecule has 1 fully saturated rings. The van der Waals surface area contributed by atoms with Crippen LogP contribution in [0.15, 0.2) is 18.2 Å². The Morgan fingerprint density at radius 2 is 2.11 bits per heavy atom. The first-order chi connectivity index (χ1) is 8.83. The van der Waals surface area contributed by atoms with E-state index in [4.69, 9.17) is 9.47 Å². The molecule has 2 rings (SSSR count). The third-order valence-electron chi connectivity index (χ3n) is 3.25. The van der Waals surface area contributed by atoms with Crippen LogP contribution < -0.4 is 14.8 Å². The molecule has 18 heavy (non-hydrogen) atoms. The van der Waals surface area contributed by atoms with E-state index in [1.807, 2.05) is 13.0 Å². The summed E-state index contributed by atoms with van der Waals surface area (Å²) in [4.78, 5) is 0. The molecule has 0 spiro atoms. The highest BCUT2D eigenvalue weighted by Crippen LogP contribution is 2.28. The molecule has 0 radical (unpaired) electrons. The minimum atomic E-state index is 0.665. The molecule has 0 bridgehead atoms. The maximum Gasteiger partial charge on any atom is 0.161 e. The quantitative estimate of drug-likeness (QED) is 0.718. The molecule has 3 nitrogen and oxygen atoms in total. The van der Waals surface area contributed by atoms with Crippen LogP contribution in [0.5, 0.6) is 11.5 Å². The molecule has 1 aliphatic rings. The Labute approximate surface area is 109 Å². The molecular formula is C15H23NO2. The van der Waals surface area contributed by atoms with Crippen LogP contribution in [0, 0.1) is 5.92 Å². The van der Waals surface area contributed by atoms with Crippen molar-refractivity contribution in [1.29, 1.82) is 0 Å². The van der Waals surface area contributed by atoms with Crippen molar-refractivity contribution < 1.29 is 9.47 Å². The molecule has 1 N–H and O–H groups in total. The average Bonchev–Trinajstić information content (AvgIpc) is 3.20. The van der Waals surface area contributed by atoms with E-state index in [0.717, 1.165) is 30.4 Å². The number of ether oxygens (including phenoxy) is 2. The lowest BCUT2D eigenvalue weighted by molar-refractivity contribution is 0.310. The standard InChI is InChI=1S/C15H23NO2/c1-3-18-14-7-6-12(10-15(14)17-2)8-9-16-11-13-4-5-13/h6-7,10,13,16H,3-5,8-9,11H2,1-2H3. The van der Waals surface area contributed by atoms with E-state index in [0.29, 0.717) is 6.61 Å². The lowest BCUT2D eigenvalue weighted by Gasteiger charge is -2.11. The van der Waals surface area contributed by atoms with E-state index in [-0.39, 0.29) is 0 Å². The predicted octanol–water partition coefficient (Wildman–Crippen LogP) is 2.64. The van der Waals surface area contributed by atoms with Crippen LogP contribution in [0.4, 0.5) is 0 Å². The molecule has 0 unspecified atom stereocenters. The molecule has 1 saturated carbocycles. The number of nitrogens with one attached hydrogen (secondary N) is 1. The second-order valence-corrected chi connectivity index (χ2v) is 4.82. The summed E-state index contributed by atoms with van der Waals surface area (Å²) in [6.45, 7) is 4.86. The van der Waals surface area contributed by atoms with Crippen LogP contribution in [0.25, 0.3) is 0 Å². The molecule has 1 aromatic carbocycles. The summed E-state index contributed by atoms with van der Waals surface area (Å²) in [5.74, 6) is 2.60. The normalized spacial score (nSPS) is 14.6. The third kappa shape index (κ3) is 3.91. The van der Waals surface area contributed by atoms with Gasteiger partial charge in [-0.25, -0.2) is 0 Å². The van der Waals surface area contributed by atoms with Crippen molar-refractivity contribution in [1.82, 2.24) is 5.32 Å². The molecule has 0 heterocycles. The largest absolute Gasteiger partial charge is 0.493 e. The molecule has 1 aromatic rings. The fourth-order valence-corrected chi connectivity index (χ4v) is 2.00. The summed E-state index contributed by atoms with van der Waals surface area (Å²) in [5.41, 5.74) is 1.29. The number of hydrogen-bond donors (Lipinski definition) is 1. The van der Waals surface area contributed by atoms with E-state index < -0.39 is 0 Å². The second-order valence-electron chi connectivity index (χ2n) is 4.82. The lowest BCUT2D eigenvalue weighted by atomic mass is 10.1. The van der Waals surface area contributed by atoms with E-state index in [9.17, 15) is 0 Å². The molecule has 3 heteroatoms. The average molecular weight is 249 g/mol. The lowest BCUT2D eigenvalue weighted by Crippen LogP contribution is -2.19. The van der Waals surface area contributed by atoms with Crippen LogP contribution in [0.1, 0.15) is 25.3 Å². The fraction of sp³-hybridized carbons (Fsp3) is 0.600. The van der Waals surface area contributed by atoms with Gasteiger partial charge in [0.2, 0.25) is 0 Å². The van der Waals surface area contributed by atoms with Crippen LogP contribution in [0.2, 0.25) is 0 Å². The third-order valence-corrected chi connectivity index (χ3v) is 3.25. The molecule has 0 amide bonds. The van der Waals surface area contributed by atoms with Crippen molar-refractivity contribution in [3.8, 4) is 11.5 Å². The van der Waals surface area contributed by atoms with Gasteiger partial charge in [-0.05, 0) is 62.9 Å². The van der Waals surface area contributed by atoms with Crippen molar-refractivity contribution in [2.45, 2.75) is 26.2 Å². The van der Waals surface area contributed by atoms with Crippen molar-refractivity contribution in [2.75, 3.05) is 26.8 Å². The van der Waals surface area contributed by atoms with E-state index in [1.54, 1.807) is 7.11 Å². The zero-order valence-corrected chi connectivity index (χ0v) is 11.4. The van der Waals surface area contributed by atoms with Crippen LogP contribution >= 0.6 is 0 Å². The smallest absolute Gasteiger partial charge is 0.161 e. The summed E-state index contributed by atoms with van der Waals surface area (Å²) in [6, 6.07) is 6.19.